The zero-order valence-electron chi connectivity index (χ0n) is 12.3. The summed E-state index contributed by atoms with van der Waals surface area (Å²) in [6, 6.07) is 11.6. The summed E-state index contributed by atoms with van der Waals surface area (Å²) in [4.78, 5) is 0.189. The zero-order valence-corrected chi connectivity index (χ0v) is 16.0. The number of methoxy groups -OCH3 is 1. The number of benzene rings is 2. The van der Waals surface area contributed by atoms with Crippen LogP contribution in [0.25, 0.3) is 0 Å². The molecule has 0 radical (unpaired) electrons. The second kappa shape index (κ2) is 8.18. The van der Waals surface area contributed by atoms with Gasteiger partial charge in [-0.1, -0.05) is 11.6 Å². The first-order valence-corrected chi connectivity index (χ1v) is 9.58. The molecule has 2 aromatic carbocycles. The smallest absolute Gasteiger partial charge is 0.240 e. The van der Waals surface area contributed by atoms with Crippen LogP contribution >= 0.6 is 34.2 Å². The Balaban J connectivity index is 1.91. The van der Waals surface area contributed by atoms with E-state index >= 15 is 0 Å². The molecule has 0 aliphatic carbocycles. The van der Waals surface area contributed by atoms with Crippen molar-refractivity contribution in [1.82, 2.24) is 4.72 Å². The lowest BCUT2D eigenvalue weighted by atomic mass is 10.3. The quantitative estimate of drug-likeness (QED) is 0.501. The molecule has 0 aromatic heterocycles. The molecule has 0 saturated carbocycles. The van der Waals surface area contributed by atoms with E-state index in [1.807, 2.05) is 22.6 Å². The maximum atomic E-state index is 12.2. The summed E-state index contributed by atoms with van der Waals surface area (Å²) in [6.45, 7) is 0.377. The van der Waals surface area contributed by atoms with Crippen molar-refractivity contribution in [2.45, 2.75) is 4.90 Å². The molecule has 2 aromatic rings. The van der Waals surface area contributed by atoms with Crippen LogP contribution in [0.3, 0.4) is 0 Å². The van der Waals surface area contributed by atoms with Gasteiger partial charge < -0.3 is 9.47 Å². The van der Waals surface area contributed by atoms with E-state index in [2.05, 4.69) is 4.72 Å². The molecule has 8 heteroatoms. The number of rotatable bonds is 7. The lowest BCUT2D eigenvalue weighted by Crippen LogP contribution is -2.28. The largest absolute Gasteiger partial charge is 0.496 e. The molecular weight excluding hydrogens is 453 g/mol. The number of ether oxygens (including phenoxy) is 2. The van der Waals surface area contributed by atoms with Crippen molar-refractivity contribution >= 4 is 44.2 Å². The van der Waals surface area contributed by atoms with Gasteiger partial charge in [0.15, 0.2) is 0 Å². The molecule has 124 valence electrons. The van der Waals surface area contributed by atoms with Crippen LogP contribution in [-0.2, 0) is 10.0 Å². The van der Waals surface area contributed by atoms with Crippen molar-refractivity contribution < 1.29 is 17.9 Å². The Morgan fingerprint density at radius 2 is 1.87 bits per heavy atom. The van der Waals surface area contributed by atoms with Crippen molar-refractivity contribution in [2.24, 2.45) is 0 Å². The van der Waals surface area contributed by atoms with E-state index < -0.39 is 10.0 Å². The van der Waals surface area contributed by atoms with E-state index in [4.69, 9.17) is 21.1 Å². The summed E-state index contributed by atoms with van der Waals surface area (Å²) in [5.74, 6) is 1.27. The van der Waals surface area contributed by atoms with Crippen LogP contribution in [0.5, 0.6) is 11.5 Å². The van der Waals surface area contributed by atoms with Gasteiger partial charge in [-0.3, -0.25) is 0 Å². The Morgan fingerprint density at radius 3 is 2.48 bits per heavy atom. The Hall–Kier alpha value is -1.03. The second-order valence-electron chi connectivity index (χ2n) is 4.50. The van der Waals surface area contributed by atoms with Crippen LogP contribution in [0.15, 0.2) is 47.4 Å². The fourth-order valence-corrected chi connectivity index (χ4v) is 3.89. The van der Waals surface area contributed by atoms with Gasteiger partial charge in [0.25, 0.3) is 0 Å². The zero-order chi connectivity index (χ0) is 16.9. The number of hydrogen-bond acceptors (Lipinski definition) is 4. The lowest BCUT2D eigenvalue weighted by Gasteiger charge is -2.10. The van der Waals surface area contributed by atoms with E-state index in [1.54, 1.807) is 36.4 Å². The number of nitrogens with one attached hydrogen (secondary N) is 1. The number of hydrogen-bond donors (Lipinski definition) is 1. The second-order valence-corrected chi connectivity index (χ2v) is 7.86. The van der Waals surface area contributed by atoms with Gasteiger partial charge in [0.2, 0.25) is 10.0 Å². The van der Waals surface area contributed by atoms with Gasteiger partial charge in [-0.15, -0.1) is 0 Å². The molecule has 0 aliphatic rings. The first-order chi connectivity index (χ1) is 10.9. The summed E-state index contributed by atoms with van der Waals surface area (Å²) in [6.07, 6.45) is 0. The molecule has 0 unspecified atom stereocenters. The highest BCUT2D eigenvalue weighted by Crippen LogP contribution is 2.23. The highest BCUT2D eigenvalue weighted by atomic mass is 127. The van der Waals surface area contributed by atoms with Gasteiger partial charge in [-0.25, -0.2) is 13.1 Å². The molecule has 0 fully saturated rings. The summed E-state index contributed by atoms with van der Waals surface area (Å²) in [7, 11) is -2.04. The van der Waals surface area contributed by atoms with Gasteiger partial charge in [0, 0.05) is 11.6 Å². The van der Waals surface area contributed by atoms with Gasteiger partial charge >= 0.3 is 0 Å². The fraction of sp³-hybridized carbons (Fsp3) is 0.200. The predicted octanol–water partition coefficient (Wildman–Crippen LogP) is 3.31. The molecular formula is C15H15ClINO4S. The Labute approximate surface area is 154 Å². The normalized spacial score (nSPS) is 11.3. The van der Waals surface area contributed by atoms with Crippen molar-refractivity contribution in [3.63, 3.8) is 0 Å². The third-order valence-electron chi connectivity index (χ3n) is 2.91. The predicted molar refractivity (Wildman–Crippen MR) is 97.8 cm³/mol. The van der Waals surface area contributed by atoms with E-state index in [-0.39, 0.29) is 18.0 Å². The van der Waals surface area contributed by atoms with Crippen molar-refractivity contribution in [2.75, 3.05) is 20.3 Å². The van der Waals surface area contributed by atoms with Crippen molar-refractivity contribution in [1.29, 1.82) is 0 Å². The van der Waals surface area contributed by atoms with Gasteiger partial charge in [0.1, 0.15) is 18.1 Å². The summed E-state index contributed by atoms with van der Waals surface area (Å²) in [5, 5.41) is 0.618. The third-order valence-corrected chi connectivity index (χ3v) is 5.46. The molecule has 0 aliphatic heterocycles. The van der Waals surface area contributed by atoms with Crippen LogP contribution in [0, 0.1) is 3.57 Å². The first-order valence-electron chi connectivity index (χ1n) is 6.64. The standard InChI is InChI=1S/C15H15ClINO4S/c1-21-15-7-6-13(10-14(15)17)23(19,20)18-8-9-22-12-4-2-11(16)3-5-12/h2-7,10,18H,8-9H2,1H3. The summed E-state index contributed by atoms with van der Waals surface area (Å²) >= 11 is 7.81. The topological polar surface area (TPSA) is 64.6 Å². The molecule has 0 amide bonds. The van der Waals surface area contributed by atoms with Crippen LogP contribution in [0.2, 0.25) is 5.02 Å². The molecule has 0 heterocycles. The molecule has 5 nitrogen and oxygen atoms in total. The fourth-order valence-electron chi connectivity index (χ4n) is 1.77. The molecule has 2 rings (SSSR count). The van der Waals surface area contributed by atoms with E-state index in [0.29, 0.717) is 16.5 Å². The highest BCUT2D eigenvalue weighted by Gasteiger charge is 2.15. The molecule has 23 heavy (non-hydrogen) atoms. The molecule has 0 bridgehead atoms. The van der Waals surface area contributed by atoms with Crippen LogP contribution in [0.1, 0.15) is 0 Å². The average Bonchev–Trinajstić information content (AvgIpc) is 2.53. The Bertz CT molecular complexity index is 766. The monoisotopic (exact) mass is 467 g/mol. The van der Waals surface area contributed by atoms with Crippen LogP contribution in [0.4, 0.5) is 0 Å². The minimum absolute atomic E-state index is 0.160. The SMILES string of the molecule is COc1ccc(S(=O)(=O)NCCOc2ccc(Cl)cc2)cc1I. The highest BCUT2D eigenvalue weighted by molar-refractivity contribution is 14.1. The van der Waals surface area contributed by atoms with Crippen LogP contribution < -0.4 is 14.2 Å². The molecule has 1 N–H and O–H groups in total. The van der Waals surface area contributed by atoms with E-state index in [1.165, 1.54) is 13.2 Å². The molecule has 0 atom stereocenters. The third kappa shape index (κ3) is 5.23. The summed E-state index contributed by atoms with van der Waals surface area (Å²) in [5.41, 5.74) is 0. The maximum Gasteiger partial charge on any atom is 0.240 e. The average molecular weight is 468 g/mol. The van der Waals surface area contributed by atoms with E-state index in [0.717, 1.165) is 3.57 Å². The Kier molecular flexibility index (Phi) is 6.51. The minimum Gasteiger partial charge on any atom is -0.496 e. The number of sulfonamides is 1. The Morgan fingerprint density at radius 1 is 1.17 bits per heavy atom. The van der Waals surface area contributed by atoms with Crippen molar-refractivity contribution in [3.8, 4) is 11.5 Å². The first kappa shape index (κ1) is 18.3. The van der Waals surface area contributed by atoms with Crippen LogP contribution in [-0.4, -0.2) is 28.7 Å². The van der Waals surface area contributed by atoms with Gasteiger partial charge in [0.05, 0.1) is 15.6 Å². The lowest BCUT2D eigenvalue weighted by molar-refractivity contribution is 0.323. The maximum absolute atomic E-state index is 12.2. The van der Waals surface area contributed by atoms with Crippen molar-refractivity contribution in [3.05, 3.63) is 51.1 Å². The van der Waals surface area contributed by atoms with E-state index in [9.17, 15) is 8.42 Å². The minimum atomic E-state index is -3.58. The molecule has 0 spiro atoms. The van der Waals surface area contributed by atoms with Gasteiger partial charge in [-0.05, 0) is 65.1 Å². The molecule has 0 saturated heterocycles. The van der Waals surface area contributed by atoms with Gasteiger partial charge in [-0.2, -0.15) is 0 Å². The number of halogens is 2. The summed E-state index contributed by atoms with van der Waals surface area (Å²) < 4.78 is 38.2.